The first-order valence-electron chi connectivity index (χ1n) is 10.7. The molecule has 1 amide bonds. The quantitative estimate of drug-likeness (QED) is 0.605. The van der Waals surface area contributed by atoms with Crippen molar-refractivity contribution < 1.29 is 14.3 Å². The fourth-order valence-electron chi connectivity index (χ4n) is 4.37. The Kier molecular flexibility index (Phi) is 5.05. The molecule has 8 nitrogen and oxygen atoms in total. The Morgan fingerprint density at radius 1 is 1.03 bits per heavy atom. The summed E-state index contributed by atoms with van der Waals surface area (Å²) < 4.78 is 6.60. The van der Waals surface area contributed by atoms with E-state index in [1.54, 1.807) is 6.20 Å². The van der Waals surface area contributed by atoms with E-state index < -0.39 is 0 Å². The molecule has 0 unspecified atom stereocenters. The molecule has 2 saturated heterocycles. The van der Waals surface area contributed by atoms with Gasteiger partial charge < -0.3 is 14.5 Å². The number of likely N-dealkylation sites (tertiary alicyclic amines) is 1. The van der Waals surface area contributed by atoms with Gasteiger partial charge in [-0.3, -0.25) is 9.59 Å². The normalized spacial score (nSPS) is 16.9. The van der Waals surface area contributed by atoms with Crippen LogP contribution in [0.25, 0.3) is 16.8 Å². The monoisotopic (exact) mass is 419 g/mol. The van der Waals surface area contributed by atoms with E-state index in [0.29, 0.717) is 18.7 Å². The third-order valence-electron chi connectivity index (χ3n) is 6.20. The van der Waals surface area contributed by atoms with E-state index in [-0.39, 0.29) is 17.8 Å². The smallest absolute Gasteiger partial charge is 0.312 e. The number of rotatable bonds is 4. The van der Waals surface area contributed by atoms with Gasteiger partial charge in [0, 0.05) is 37.9 Å². The summed E-state index contributed by atoms with van der Waals surface area (Å²) >= 11 is 0. The molecule has 8 heteroatoms. The van der Waals surface area contributed by atoms with Crippen molar-refractivity contribution in [2.45, 2.75) is 19.3 Å². The Balaban J connectivity index is 1.38. The van der Waals surface area contributed by atoms with Crippen molar-refractivity contribution in [2.75, 3.05) is 38.2 Å². The zero-order valence-corrected chi connectivity index (χ0v) is 17.5. The number of methoxy groups -OCH3 is 1. The molecule has 5 rings (SSSR count). The highest BCUT2D eigenvalue weighted by molar-refractivity contribution is 6.01. The summed E-state index contributed by atoms with van der Waals surface area (Å²) in [5.74, 6) is 0.629. The van der Waals surface area contributed by atoms with Gasteiger partial charge in [0.05, 0.1) is 36.0 Å². The Morgan fingerprint density at radius 3 is 2.55 bits per heavy atom. The molecule has 2 aliphatic rings. The molecule has 2 fully saturated rings. The van der Waals surface area contributed by atoms with Crippen molar-refractivity contribution in [3.05, 3.63) is 48.3 Å². The van der Waals surface area contributed by atoms with Crippen LogP contribution in [0.3, 0.4) is 0 Å². The summed E-state index contributed by atoms with van der Waals surface area (Å²) in [6.45, 7) is 2.87. The van der Waals surface area contributed by atoms with Crippen LogP contribution in [0, 0.1) is 5.92 Å². The van der Waals surface area contributed by atoms with Crippen LogP contribution in [0.1, 0.15) is 29.6 Å². The molecule has 0 aliphatic carbocycles. The van der Waals surface area contributed by atoms with Crippen LogP contribution in [0.15, 0.2) is 42.7 Å². The molecule has 31 heavy (non-hydrogen) atoms. The number of amides is 1. The van der Waals surface area contributed by atoms with E-state index in [9.17, 15) is 9.59 Å². The van der Waals surface area contributed by atoms with Crippen LogP contribution >= 0.6 is 0 Å². The zero-order chi connectivity index (χ0) is 21.4. The maximum absolute atomic E-state index is 13.0. The van der Waals surface area contributed by atoms with Crippen LogP contribution < -0.4 is 4.90 Å². The minimum absolute atomic E-state index is 0.0540. The highest BCUT2D eigenvalue weighted by Crippen LogP contribution is 2.27. The van der Waals surface area contributed by atoms with Crippen molar-refractivity contribution in [1.82, 2.24) is 19.5 Å². The zero-order valence-electron chi connectivity index (χ0n) is 17.5. The Morgan fingerprint density at radius 2 is 1.84 bits per heavy atom. The lowest BCUT2D eigenvalue weighted by molar-refractivity contribution is -0.146. The molecule has 2 aliphatic heterocycles. The Labute approximate surface area is 180 Å². The van der Waals surface area contributed by atoms with Crippen molar-refractivity contribution >= 4 is 23.2 Å². The van der Waals surface area contributed by atoms with Gasteiger partial charge in [-0.1, -0.05) is 6.07 Å². The minimum atomic E-state index is -0.173. The Bertz CT molecular complexity index is 1110. The van der Waals surface area contributed by atoms with Crippen LogP contribution in [0.5, 0.6) is 0 Å². The molecular formula is C23H25N5O3. The highest BCUT2D eigenvalue weighted by atomic mass is 16.5. The van der Waals surface area contributed by atoms with E-state index in [1.807, 2.05) is 45.9 Å². The molecular weight excluding hydrogens is 394 g/mol. The van der Waals surface area contributed by atoms with Gasteiger partial charge in [-0.2, -0.15) is 5.10 Å². The average molecular weight is 419 g/mol. The van der Waals surface area contributed by atoms with Gasteiger partial charge in [-0.05, 0) is 43.5 Å². The number of carbonyl (C=O) groups excluding carboxylic acids is 2. The fraction of sp³-hybridized carbons (Fsp3) is 0.391. The molecule has 0 bridgehead atoms. The van der Waals surface area contributed by atoms with Gasteiger partial charge in [0.25, 0.3) is 5.91 Å². The van der Waals surface area contributed by atoms with Gasteiger partial charge in [0.1, 0.15) is 5.82 Å². The van der Waals surface area contributed by atoms with E-state index in [2.05, 4.69) is 15.0 Å². The third-order valence-corrected chi connectivity index (χ3v) is 6.20. The first-order chi connectivity index (χ1) is 15.2. The van der Waals surface area contributed by atoms with Gasteiger partial charge >= 0.3 is 5.97 Å². The number of esters is 1. The first kappa shape index (κ1) is 19.5. The van der Waals surface area contributed by atoms with E-state index >= 15 is 0 Å². The SMILES string of the molecule is COC(=O)C1CN(c2ccc(-c3cccc4c(C(=O)N5CCCCC5)cnn34)cn2)C1. The van der Waals surface area contributed by atoms with Gasteiger partial charge in [-0.15, -0.1) is 0 Å². The predicted molar refractivity (Wildman–Crippen MR) is 116 cm³/mol. The molecule has 0 aromatic carbocycles. The van der Waals surface area contributed by atoms with Crippen LogP contribution in [-0.4, -0.2) is 64.7 Å². The number of ether oxygens (including phenoxy) is 1. The summed E-state index contributed by atoms with van der Waals surface area (Å²) in [4.78, 5) is 33.1. The van der Waals surface area contributed by atoms with Crippen molar-refractivity contribution in [1.29, 1.82) is 0 Å². The summed E-state index contributed by atoms with van der Waals surface area (Å²) in [5, 5.41) is 4.51. The van der Waals surface area contributed by atoms with Crippen molar-refractivity contribution in [3.8, 4) is 11.3 Å². The summed E-state index contributed by atoms with van der Waals surface area (Å²) in [7, 11) is 1.42. The molecule has 0 N–H and O–H groups in total. The molecule has 0 spiro atoms. The molecule has 160 valence electrons. The van der Waals surface area contributed by atoms with Crippen LogP contribution in [0.4, 0.5) is 5.82 Å². The number of carbonyl (C=O) groups is 2. The summed E-state index contributed by atoms with van der Waals surface area (Å²) in [6.07, 6.45) is 6.79. The summed E-state index contributed by atoms with van der Waals surface area (Å²) in [6, 6.07) is 9.80. The Hall–Kier alpha value is -3.42. The van der Waals surface area contributed by atoms with Crippen LogP contribution in [-0.2, 0) is 9.53 Å². The first-order valence-corrected chi connectivity index (χ1v) is 10.7. The third kappa shape index (κ3) is 3.52. The lowest BCUT2D eigenvalue weighted by Crippen LogP contribution is -2.51. The molecule has 5 heterocycles. The van der Waals surface area contributed by atoms with E-state index in [1.165, 1.54) is 13.5 Å². The largest absolute Gasteiger partial charge is 0.469 e. The number of piperidine rings is 1. The number of aromatic nitrogens is 3. The second-order valence-corrected chi connectivity index (χ2v) is 8.15. The average Bonchev–Trinajstić information content (AvgIpc) is 3.23. The molecule has 0 radical (unpaired) electrons. The lowest BCUT2D eigenvalue weighted by Gasteiger charge is -2.38. The number of pyridine rings is 2. The number of anilines is 1. The second kappa shape index (κ2) is 8.02. The second-order valence-electron chi connectivity index (χ2n) is 8.15. The van der Waals surface area contributed by atoms with Gasteiger partial charge in [0.2, 0.25) is 0 Å². The number of fused-ring (bicyclic) bond motifs is 1. The van der Waals surface area contributed by atoms with E-state index in [4.69, 9.17) is 4.74 Å². The van der Waals surface area contributed by atoms with Gasteiger partial charge in [-0.25, -0.2) is 9.50 Å². The number of nitrogens with zero attached hydrogens (tertiary/aromatic N) is 5. The van der Waals surface area contributed by atoms with Crippen LogP contribution in [0.2, 0.25) is 0 Å². The standard InChI is InChI=1S/C23H25N5O3/c1-31-23(30)17-14-27(15-17)21-9-8-16(12-24-21)19-6-5-7-20-18(13-25-28(19)20)22(29)26-10-3-2-4-11-26/h5-9,12-13,17H,2-4,10-11,14-15H2,1H3. The van der Waals surface area contributed by atoms with E-state index in [0.717, 1.165) is 48.5 Å². The lowest BCUT2D eigenvalue weighted by atomic mass is 10.0. The molecule has 0 saturated carbocycles. The maximum atomic E-state index is 13.0. The number of hydrogen-bond acceptors (Lipinski definition) is 6. The molecule has 0 atom stereocenters. The summed E-state index contributed by atoms with van der Waals surface area (Å²) in [5.41, 5.74) is 3.24. The highest BCUT2D eigenvalue weighted by Gasteiger charge is 2.34. The van der Waals surface area contributed by atoms with Crippen molar-refractivity contribution in [2.24, 2.45) is 5.92 Å². The molecule has 3 aromatic heterocycles. The molecule has 3 aromatic rings. The topological polar surface area (TPSA) is 80.0 Å². The number of hydrogen-bond donors (Lipinski definition) is 0. The maximum Gasteiger partial charge on any atom is 0.312 e. The minimum Gasteiger partial charge on any atom is -0.469 e. The van der Waals surface area contributed by atoms with Gasteiger partial charge in [0.15, 0.2) is 0 Å². The fourth-order valence-corrected chi connectivity index (χ4v) is 4.37. The predicted octanol–water partition coefficient (Wildman–Crippen LogP) is 2.63. The van der Waals surface area contributed by atoms with Crippen molar-refractivity contribution in [3.63, 3.8) is 0 Å².